The van der Waals surface area contributed by atoms with Gasteiger partial charge in [-0.1, -0.05) is 79.4 Å². The van der Waals surface area contributed by atoms with Crippen LogP contribution in [0.5, 0.6) is 0 Å². The molecule has 168 valence electrons. The zero-order valence-corrected chi connectivity index (χ0v) is 18.9. The fourth-order valence-electron chi connectivity index (χ4n) is 3.68. The molecule has 0 bridgehead atoms. The van der Waals surface area contributed by atoms with Gasteiger partial charge in [0.15, 0.2) is 0 Å². The largest absolute Gasteiger partial charge is 0.412 e. The molecule has 0 heterocycles. The highest BCUT2D eigenvalue weighted by Gasteiger charge is 2.12. The molecule has 0 saturated carbocycles. The van der Waals surface area contributed by atoms with Crippen molar-refractivity contribution in [2.24, 2.45) is 5.73 Å². The Kier molecular flexibility index (Phi) is 9.39. The van der Waals surface area contributed by atoms with E-state index in [0.717, 1.165) is 30.0 Å². The highest BCUT2D eigenvalue weighted by atomic mass is 16.0. The van der Waals surface area contributed by atoms with E-state index in [-0.39, 0.29) is 5.48 Å². The molecule has 3 aromatic carbocycles. The van der Waals surface area contributed by atoms with Crippen molar-refractivity contribution in [2.75, 3.05) is 31.6 Å². The molecule has 0 amide bonds. The zero-order chi connectivity index (χ0) is 22.1. The smallest absolute Gasteiger partial charge is 0.0591 e. The Balaban J connectivity index is 0.00000363. The molecule has 0 unspecified atom stereocenters. The number of benzene rings is 3. The predicted molar refractivity (Wildman–Crippen MR) is 137 cm³/mol. The number of rotatable bonds is 10. The molecule has 5 nitrogen and oxygen atoms in total. The molecule has 3 aromatic rings. The summed E-state index contributed by atoms with van der Waals surface area (Å²) < 4.78 is 0. The Morgan fingerprint density at radius 2 is 1.62 bits per heavy atom. The summed E-state index contributed by atoms with van der Waals surface area (Å²) in [6.07, 6.45) is 1.63. The normalized spacial score (nSPS) is 10.8. The Bertz CT molecular complexity index is 1030. The van der Waals surface area contributed by atoms with Gasteiger partial charge in [-0.25, -0.2) is 0 Å². The maximum Gasteiger partial charge on any atom is 0.0591 e. The van der Waals surface area contributed by atoms with Crippen molar-refractivity contribution in [3.8, 4) is 11.1 Å². The van der Waals surface area contributed by atoms with Gasteiger partial charge in [0.25, 0.3) is 0 Å². The predicted octanol–water partition coefficient (Wildman–Crippen LogP) is 3.92. The van der Waals surface area contributed by atoms with Crippen LogP contribution in [-0.2, 0) is 0 Å². The lowest BCUT2D eigenvalue weighted by molar-refractivity contribution is 0.751. The van der Waals surface area contributed by atoms with Gasteiger partial charge in [0, 0.05) is 49.0 Å². The van der Waals surface area contributed by atoms with Crippen LogP contribution in [-0.4, -0.2) is 32.2 Å². The van der Waals surface area contributed by atoms with Crippen LogP contribution in [0.25, 0.3) is 16.8 Å². The van der Waals surface area contributed by atoms with Crippen molar-refractivity contribution in [1.82, 2.24) is 10.6 Å². The number of hydrogen-bond acceptors (Lipinski definition) is 4. The molecule has 0 spiro atoms. The Hall–Kier alpha value is -3.70. The van der Waals surface area contributed by atoms with E-state index in [0.29, 0.717) is 6.54 Å². The van der Waals surface area contributed by atoms with Crippen LogP contribution in [0.3, 0.4) is 0 Å². The minimum absolute atomic E-state index is 0. The number of aryl methyl sites for hydroxylation is 1. The summed E-state index contributed by atoms with van der Waals surface area (Å²) in [6, 6.07) is 27.2. The van der Waals surface area contributed by atoms with Gasteiger partial charge in [0.1, 0.15) is 0 Å². The lowest BCUT2D eigenvalue weighted by Gasteiger charge is -2.28. The van der Waals surface area contributed by atoms with E-state index in [2.05, 4.69) is 102 Å². The fourth-order valence-corrected chi connectivity index (χ4v) is 3.68. The Morgan fingerprint density at radius 1 is 0.969 bits per heavy atom. The number of hydrogen-bond donors (Lipinski definition) is 3. The van der Waals surface area contributed by atoms with E-state index in [9.17, 15) is 0 Å². The van der Waals surface area contributed by atoms with Crippen molar-refractivity contribution < 1.29 is 5.48 Å². The van der Waals surface area contributed by atoms with Crippen LogP contribution < -0.4 is 21.3 Å². The van der Waals surface area contributed by atoms with Crippen LogP contribution in [0, 0.1) is 6.92 Å². The summed E-state index contributed by atoms with van der Waals surface area (Å²) >= 11 is 0. The van der Waals surface area contributed by atoms with Gasteiger partial charge in [0.2, 0.25) is 0 Å². The maximum atomic E-state index is 5.79. The van der Waals surface area contributed by atoms with Gasteiger partial charge in [0.05, 0.1) is 6.54 Å². The third-order valence-corrected chi connectivity index (χ3v) is 5.40. The van der Waals surface area contributed by atoms with E-state index < -0.39 is 0 Å². The summed E-state index contributed by atoms with van der Waals surface area (Å²) in [5.74, 6) is 0. The first-order valence-corrected chi connectivity index (χ1v) is 10.6. The van der Waals surface area contributed by atoms with E-state index in [1.165, 1.54) is 22.4 Å². The van der Waals surface area contributed by atoms with Crippen molar-refractivity contribution in [1.29, 1.82) is 0 Å². The highest BCUT2D eigenvalue weighted by Crippen LogP contribution is 2.27. The molecule has 0 aliphatic carbocycles. The average molecular weight is 431 g/mol. The second-order valence-corrected chi connectivity index (χ2v) is 7.47. The molecule has 5 heteroatoms. The molecule has 0 aliphatic rings. The lowest BCUT2D eigenvalue weighted by Crippen LogP contribution is -2.35. The van der Waals surface area contributed by atoms with Crippen molar-refractivity contribution in [2.45, 2.75) is 6.92 Å². The summed E-state index contributed by atoms with van der Waals surface area (Å²) in [5, 5.41) is 6.71. The number of nitrogens with one attached hydrogen (secondary N) is 2. The summed E-state index contributed by atoms with van der Waals surface area (Å²) in [7, 11) is 1.90. The van der Waals surface area contributed by atoms with E-state index in [4.69, 9.17) is 5.73 Å². The molecule has 0 radical (unpaired) electrons. The van der Waals surface area contributed by atoms with E-state index in [1.54, 1.807) is 6.20 Å². The quantitative estimate of drug-likeness (QED) is 0.455. The van der Waals surface area contributed by atoms with Gasteiger partial charge in [-0.2, -0.15) is 0 Å². The van der Waals surface area contributed by atoms with Crippen molar-refractivity contribution in [3.05, 3.63) is 108 Å². The van der Waals surface area contributed by atoms with Crippen LogP contribution in [0.2, 0.25) is 0 Å². The van der Waals surface area contributed by atoms with Crippen LogP contribution in [0.15, 0.2) is 97.3 Å². The number of likely N-dealkylation sites (N-methyl/N-ethyl adjacent to an activating group) is 1. The number of para-hydroxylation sites is 1. The van der Waals surface area contributed by atoms with Gasteiger partial charge < -0.3 is 26.7 Å². The molecule has 0 atom stereocenters. The molecule has 0 aliphatic heterocycles. The number of anilines is 1. The third-order valence-electron chi connectivity index (χ3n) is 5.40. The van der Waals surface area contributed by atoms with Gasteiger partial charge in [-0.05, 0) is 29.7 Å². The summed E-state index contributed by atoms with van der Waals surface area (Å²) in [6.45, 7) is 8.75. The minimum atomic E-state index is 0. The van der Waals surface area contributed by atoms with Gasteiger partial charge in [-0.3, -0.25) is 0 Å². The standard InChI is InChI=1S/C27H32N4.H2O/c1-21-11-7-10-16-27(21)31(20-24(19-28)29-3)18-17-30-22(2)25-14-8-9-15-26(25)23-12-5-4-6-13-23;/h4-16,19,29-30H,2,17-18,20,28H2,1,3H3;1H2/b24-19-;. The SMILES string of the molecule is C=C(NCCN(C/C(=C/N)NC)c1ccccc1C)c1ccccc1-c1ccccc1.O. The molecule has 0 fully saturated rings. The Morgan fingerprint density at radius 3 is 2.31 bits per heavy atom. The first-order valence-electron chi connectivity index (χ1n) is 10.6. The zero-order valence-electron chi connectivity index (χ0n) is 18.9. The molecule has 6 N–H and O–H groups in total. The van der Waals surface area contributed by atoms with Crippen LogP contribution in [0.1, 0.15) is 11.1 Å². The first kappa shape index (κ1) is 24.6. The second kappa shape index (κ2) is 12.2. The molecule has 0 aromatic heterocycles. The maximum absolute atomic E-state index is 5.79. The van der Waals surface area contributed by atoms with Crippen molar-refractivity contribution >= 4 is 11.4 Å². The molecule has 0 saturated heterocycles. The number of nitrogens with zero attached hydrogens (tertiary/aromatic N) is 1. The van der Waals surface area contributed by atoms with Gasteiger partial charge >= 0.3 is 0 Å². The minimum Gasteiger partial charge on any atom is -0.412 e. The molecule has 3 rings (SSSR count). The lowest BCUT2D eigenvalue weighted by atomic mass is 9.98. The second-order valence-electron chi connectivity index (χ2n) is 7.47. The topological polar surface area (TPSA) is 84.8 Å². The first-order chi connectivity index (χ1) is 15.1. The van der Waals surface area contributed by atoms with E-state index >= 15 is 0 Å². The highest BCUT2D eigenvalue weighted by molar-refractivity contribution is 5.79. The van der Waals surface area contributed by atoms with Crippen LogP contribution >= 0.6 is 0 Å². The third kappa shape index (κ3) is 6.15. The van der Waals surface area contributed by atoms with Crippen molar-refractivity contribution in [3.63, 3.8) is 0 Å². The van der Waals surface area contributed by atoms with E-state index in [1.807, 2.05) is 13.1 Å². The summed E-state index contributed by atoms with van der Waals surface area (Å²) in [5.41, 5.74) is 13.6. The molecular weight excluding hydrogens is 396 g/mol. The summed E-state index contributed by atoms with van der Waals surface area (Å²) in [4.78, 5) is 2.33. The number of nitrogens with two attached hydrogens (primary N) is 1. The Labute approximate surface area is 191 Å². The van der Waals surface area contributed by atoms with Crippen LogP contribution in [0.4, 0.5) is 5.69 Å². The molecule has 32 heavy (non-hydrogen) atoms. The fraction of sp³-hybridized carbons (Fsp3) is 0.185. The van der Waals surface area contributed by atoms with Gasteiger partial charge in [-0.15, -0.1) is 0 Å². The average Bonchev–Trinajstić information content (AvgIpc) is 2.82. The monoisotopic (exact) mass is 430 g/mol. The molecular formula is C27H34N4O.